The van der Waals surface area contributed by atoms with Crippen LogP contribution in [0, 0.1) is 5.82 Å². The zero-order valence-electron chi connectivity index (χ0n) is 10.7. The van der Waals surface area contributed by atoms with Crippen molar-refractivity contribution in [1.29, 1.82) is 0 Å². The number of benzene rings is 1. The number of carbonyl (C=O) groups is 1. The van der Waals surface area contributed by atoms with Gasteiger partial charge in [0, 0.05) is 6.20 Å². The third-order valence-electron chi connectivity index (χ3n) is 2.50. The first-order valence-electron chi connectivity index (χ1n) is 5.69. The first-order chi connectivity index (χ1) is 10.3. The van der Waals surface area contributed by atoms with Gasteiger partial charge in [0.05, 0.1) is 10.0 Å². The fourth-order valence-corrected chi connectivity index (χ4v) is 2.85. The van der Waals surface area contributed by atoms with E-state index in [-0.39, 0.29) is 20.1 Å². The topological polar surface area (TPSA) is 88.2 Å². The van der Waals surface area contributed by atoms with Gasteiger partial charge in [-0.3, -0.25) is 10.2 Å². The van der Waals surface area contributed by atoms with Crippen LogP contribution in [0.3, 0.4) is 0 Å². The van der Waals surface area contributed by atoms with Crippen LogP contribution in [-0.4, -0.2) is 19.3 Å². The highest BCUT2D eigenvalue weighted by Crippen LogP contribution is 2.22. The van der Waals surface area contributed by atoms with E-state index in [4.69, 9.17) is 11.6 Å². The molecule has 0 spiro atoms. The molecule has 0 fully saturated rings. The van der Waals surface area contributed by atoms with Crippen LogP contribution < -0.4 is 10.3 Å². The van der Waals surface area contributed by atoms with Gasteiger partial charge in [-0.1, -0.05) is 23.7 Å². The summed E-state index contributed by atoms with van der Waals surface area (Å²) in [7, 11) is -4.07. The molecule has 2 rings (SSSR count). The maximum atomic E-state index is 13.4. The molecular weight excluding hydrogens is 401 g/mol. The fraction of sp³-hybridized carbons (Fsp3) is 0. The predicted octanol–water partition coefficient (Wildman–Crippen LogP) is 2.26. The van der Waals surface area contributed by atoms with Gasteiger partial charge in [-0.05, 0) is 34.1 Å². The average Bonchev–Trinajstić information content (AvgIpc) is 2.48. The summed E-state index contributed by atoms with van der Waals surface area (Å²) in [6, 6.07) is 6.38. The summed E-state index contributed by atoms with van der Waals surface area (Å²) < 4.78 is 37.7. The van der Waals surface area contributed by atoms with E-state index in [9.17, 15) is 17.6 Å². The largest absolute Gasteiger partial charge is 0.273 e. The number of carbonyl (C=O) groups excluding carboxylic acids is 1. The molecule has 0 atom stereocenters. The monoisotopic (exact) mass is 407 g/mol. The maximum absolute atomic E-state index is 13.4. The Morgan fingerprint density at radius 3 is 2.64 bits per heavy atom. The van der Waals surface area contributed by atoms with Gasteiger partial charge in [-0.15, -0.1) is 4.83 Å². The lowest BCUT2D eigenvalue weighted by atomic mass is 10.2. The van der Waals surface area contributed by atoms with E-state index in [1.807, 2.05) is 10.3 Å². The van der Waals surface area contributed by atoms with Gasteiger partial charge in [0.25, 0.3) is 15.9 Å². The molecule has 2 aromatic rings. The number of amides is 1. The molecule has 0 bridgehead atoms. The second-order valence-corrected chi connectivity index (χ2v) is 6.88. The Labute approximate surface area is 138 Å². The number of hydrogen-bond donors (Lipinski definition) is 2. The minimum atomic E-state index is -4.07. The van der Waals surface area contributed by atoms with Crippen LogP contribution >= 0.6 is 27.5 Å². The summed E-state index contributed by atoms with van der Waals surface area (Å²) in [6.07, 6.45) is 1.02. The summed E-state index contributed by atoms with van der Waals surface area (Å²) in [5.41, 5.74) is 1.63. The van der Waals surface area contributed by atoms with E-state index in [0.717, 1.165) is 12.3 Å². The molecule has 0 saturated heterocycles. The Kier molecular flexibility index (Phi) is 5.12. The molecule has 0 aliphatic heterocycles. The van der Waals surface area contributed by atoms with Crippen molar-refractivity contribution in [3.8, 4) is 0 Å². The molecule has 0 aliphatic carbocycles. The van der Waals surface area contributed by atoms with Crippen LogP contribution in [0.5, 0.6) is 0 Å². The van der Waals surface area contributed by atoms with Gasteiger partial charge in [-0.2, -0.15) is 0 Å². The molecule has 1 aromatic carbocycles. The summed E-state index contributed by atoms with van der Waals surface area (Å²) in [5.74, 6) is -1.70. The molecule has 0 aliphatic rings. The minimum Gasteiger partial charge on any atom is -0.273 e. The van der Waals surface area contributed by atoms with Crippen molar-refractivity contribution in [3.63, 3.8) is 0 Å². The summed E-state index contributed by atoms with van der Waals surface area (Å²) in [6.45, 7) is 0. The number of pyridine rings is 1. The third-order valence-corrected chi connectivity index (χ3v) is 4.85. The van der Waals surface area contributed by atoms with Crippen molar-refractivity contribution in [1.82, 2.24) is 15.2 Å². The smallest absolute Gasteiger partial charge is 0.269 e. The molecule has 6 nitrogen and oxygen atoms in total. The average molecular weight is 409 g/mol. The predicted molar refractivity (Wildman–Crippen MR) is 81.1 cm³/mol. The number of aromatic nitrogens is 1. The maximum Gasteiger partial charge on any atom is 0.269 e. The molecule has 0 unspecified atom stereocenters. The van der Waals surface area contributed by atoms with Gasteiger partial charge in [0.15, 0.2) is 0 Å². The summed E-state index contributed by atoms with van der Waals surface area (Å²) in [4.78, 5) is 17.0. The Balaban J connectivity index is 2.14. The van der Waals surface area contributed by atoms with Crippen molar-refractivity contribution >= 4 is 43.5 Å². The van der Waals surface area contributed by atoms with Crippen molar-refractivity contribution < 1.29 is 17.6 Å². The van der Waals surface area contributed by atoms with Crippen LogP contribution in [0.1, 0.15) is 10.4 Å². The lowest BCUT2D eigenvalue weighted by Gasteiger charge is -2.09. The van der Waals surface area contributed by atoms with Crippen LogP contribution in [0.25, 0.3) is 0 Å². The van der Waals surface area contributed by atoms with Gasteiger partial charge in [-0.25, -0.2) is 17.8 Å². The molecule has 1 aromatic heterocycles. The third kappa shape index (κ3) is 3.80. The highest BCUT2D eigenvalue weighted by molar-refractivity contribution is 9.10. The number of sulfonamides is 1. The van der Waals surface area contributed by atoms with Crippen LogP contribution in [-0.2, 0) is 10.0 Å². The number of nitrogens with one attached hydrogen (secondary N) is 2. The van der Waals surface area contributed by atoms with E-state index in [2.05, 4.69) is 20.9 Å². The first kappa shape index (κ1) is 16.8. The second kappa shape index (κ2) is 6.69. The van der Waals surface area contributed by atoms with E-state index in [0.29, 0.717) is 0 Å². The Bertz CT molecular complexity index is 832. The highest BCUT2D eigenvalue weighted by atomic mass is 79.9. The zero-order chi connectivity index (χ0) is 16.3. The number of rotatable bonds is 4. The standard InChI is InChI=1S/C12H8BrClFN3O3S/c13-9-5-7(6-16-11(9)14)22(20,21)18-17-12(19)8-3-1-2-4-10(8)15/h1-6,18H,(H,17,19). The number of halogens is 3. The first-order valence-corrected chi connectivity index (χ1v) is 8.34. The van der Waals surface area contributed by atoms with E-state index >= 15 is 0 Å². The molecule has 1 heterocycles. The number of nitrogens with zero attached hydrogens (tertiary/aromatic N) is 1. The molecule has 10 heteroatoms. The van der Waals surface area contributed by atoms with Gasteiger partial charge in [0.2, 0.25) is 0 Å². The van der Waals surface area contributed by atoms with E-state index in [1.165, 1.54) is 24.3 Å². The van der Waals surface area contributed by atoms with Crippen molar-refractivity contribution in [2.45, 2.75) is 4.90 Å². The van der Waals surface area contributed by atoms with Gasteiger partial charge < -0.3 is 0 Å². The molecule has 1 amide bonds. The lowest BCUT2D eigenvalue weighted by molar-refractivity contribution is 0.0941. The highest BCUT2D eigenvalue weighted by Gasteiger charge is 2.18. The van der Waals surface area contributed by atoms with Crippen molar-refractivity contribution in [2.24, 2.45) is 0 Å². The fourth-order valence-electron chi connectivity index (χ4n) is 1.44. The summed E-state index contributed by atoms with van der Waals surface area (Å²) >= 11 is 8.71. The SMILES string of the molecule is O=C(NNS(=O)(=O)c1cnc(Cl)c(Br)c1)c1ccccc1F. The Hall–Kier alpha value is -1.55. The normalized spacial score (nSPS) is 11.2. The summed E-state index contributed by atoms with van der Waals surface area (Å²) in [5, 5.41) is 0.0920. The molecule has 2 N–H and O–H groups in total. The number of hydrazine groups is 1. The second-order valence-electron chi connectivity index (χ2n) is 3.98. The van der Waals surface area contributed by atoms with Crippen LogP contribution in [0.4, 0.5) is 4.39 Å². The van der Waals surface area contributed by atoms with Crippen molar-refractivity contribution in [2.75, 3.05) is 0 Å². The van der Waals surface area contributed by atoms with E-state index < -0.39 is 21.7 Å². The number of hydrogen-bond acceptors (Lipinski definition) is 4. The molecular formula is C12H8BrClFN3O3S. The molecule has 0 radical (unpaired) electrons. The zero-order valence-corrected chi connectivity index (χ0v) is 13.8. The Morgan fingerprint density at radius 1 is 1.32 bits per heavy atom. The minimum absolute atomic E-state index is 0.0920. The molecule has 0 saturated carbocycles. The van der Waals surface area contributed by atoms with Crippen molar-refractivity contribution in [3.05, 3.63) is 57.5 Å². The molecule has 22 heavy (non-hydrogen) atoms. The Morgan fingerprint density at radius 2 is 2.00 bits per heavy atom. The van der Waals surface area contributed by atoms with Gasteiger partial charge in [0.1, 0.15) is 15.9 Å². The van der Waals surface area contributed by atoms with Crippen LogP contribution in [0.2, 0.25) is 5.15 Å². The van der Waals surface area contributed by atoms with Gasteiger partial charge >= 0.3 is 0 Å². The van der Waals surface area contributed by atoms with Crippen LogP contribution in [0.15, 0.2) is 45.9 Å². The quantitative estimate of drug-likeness (QED) is 0.600. The van der Waals surface area contributed by atoms with E-state index in [1.54, 1.807) is 0 Å². The lowest BCUT2D eigenvalue weighted by Crippen LogP contribution is -2.41. The molecule has 116 valence electrons.